The summed E-state index contributed by atoms with van der Waals surface area (Å²) < 4.78 is 23.5. The topological polar surface area (TPSA) is 242 Å². The Labute approximate surface area is 262 Å². The maximum absolute atomic E-state index is 13.6. The van der Waals surface area contributed by atoms with Crippen LogP contribution < -0.4 is 10.1 Å². The summed E-state index contributed by atoms with van der Waals surface area (Å²) in [6.07, 6.45) is -12.5. The van der Waals surface area contributed by atoms with Crippen molar-refractivity contribution >= 4 is 17.5 Å². The van der Waals surface area contributed by atoms with E-state index < -0.39 is 96.9 Å². The zero-order valence-electron chi connectivity index (χ0n) is 25.2. The Kier molecular flexibility index (Phi) is 9.68. The molecule has 0 bridgehead atoms. The molecule has 2 fully saturated rings. The maximum atomic E-state index is 13.6. The molecular formula is C31H37NO14. The first-order valence-corrected chi connectivity index (χ1v) is 14.8. The van der Waals surface area contributed by atoms with Gasteiger partial charge in [0.05, 0.1) is 18.3 Å². The lowest BCUT2D eigenvalue weighted by atomic mass is 9.80. The number of phenols is 2. The van der Waals surface area contributed by atoms with Crippen molar-refractivity contribution in [3.8, 4) is 17.2 Å². The summed E-state index contributed by atoms with van der Waals surface area (Å²) in [6, 6.07) is 3.45. The summed E-state index contributed by atoms with van der Waals surface area (Å²) in [5, 5.41) is 75.3. The van der Waals surface area contributed by atoms with Crippen molar-refractivity contribution in [1.29, 1.82) is 0 Å². The Balaban J connectivity index is 1.51. The molecule has 15 heteroatoms. The number of aliphatic hydroxyl groups excluding tert-OH is 5. The third-order valence-electron chi connectivity index (χ3n) is 8.34. The molecule has 46 heavy (non-hydrogen) atoms. The number of aryl methyl sites for hydroxylation is 1. The molecule has 15 nitrogen and oxygen atoms in total. The fourth-order valence-corrected chi connectivity index (χ4v) is 6.07. The molecule has 0 aromatic heterocycles. The molecule has 0 spiro atoms. The summed E-state index contributed by atoms with van der Waals surface area (Å²) >= 11 is 0. The highest BCUT2D eigenvalue weighted by molar-refractivity contribution is 6.30. The summed E-state index contributed by atoms with van der Waals surface area (Å²) in [4.78, 5) is 39.0. The molecule has 8 N–H and O–H groups in total. The number of benzene rings is 2. The van der Waals surface area contributed by atoms with Crippen LogP contribution in [0, 0.1) is 0 Å². The lowest BCUT2D eigenvalue weighted by Gasteiger charge is -2.46. The van der Waals surface area contributed by atoms with Crippen molar-refractivity contribution in [2.75, 3.05) is 6.61 Å². The number of fused-ring (bicyclic) bond motifs is 2. The highest BCUT2D eigenvalue weighted by Crippen LogP contribution is 2.39. The largest absolute Gasteiger partial charge is 0.508 e. The van der Waals surface area contributed by atoms with Gasteiger partial charge >= 0.3 is 0 Å². The lowest BCUT2D eigenvalue weighted by molar-refractivity contribution is -0.340. The first kappa shape index (κ1) is 33.7. The average molecular weight is 648 g/mol. The first-order chi connectivity index (χ1) is 21.8. The minimum atomic E-state index is -1.68. The molecule has 2 aromatic rings. The third-order valence-corrected chi connectivity index (χ3v) is 8.34. The average Bonchev–Trinajstić information content (AvgIpc) is 2.99. The Bertz CT molecular complexity index is 1510. The Hall–Kier alpha value is -3.67. The zero-order chi connectivity index (χ0) is 33.6. The van der Waals surface area contributed by atoms with Crippen molar-refractivity contribution in [3.63, 3.8) is 0 Å². The molecule has 2 saturated heterocycles. The van der Waals surface area contributed by atoms with Crippen molar-refractivity contribution in [1.82, 2.24) is 5.32 Å². The molecule has 5 rings (SSSR count). The number of aromatic hydroxyl groups is 2. The Morgan fingerprint density at radius 1 is 0.891 bits per heavy atom. The van der Waals surface area contributed by atoms with Gasteiger partial charge in [-0.05, 0) is 37.1 Å². The molecule has 0 saturated carbocycles. The fraction of sp³-hybridized carbons (Fsp3) is 0.516. The number of nitrogens with one attached hydrogen (secondary N) is 1. The summed E-state index contributed by atoms with van der Waals surface area (Å²) in [7, 11) is 0. The molecule has 250 valence electrons. The monoisotopic (exact) mass is 647 g/mol. The number of rotatable bonds is 8. The van der Waals surface area contributed by atoms with Gasteiger partial charge in [0.25, 0.3) is 0 Å². The highest BCUT2D eigenvalue weighted by atomic mass is 16.7. The van der Waals surface area contributed by atoms with E-state index in [1.165, 1.54) is 19.1 Å². The summed E-state index contributed by atoms with van der Waals surface area (Å²) in [5.74, 6) is -2.83. The first-order valence-electron chi connectivity index (χ1n) is 14.8. The van der Waals surface area contributed by atoms with Gasteiger partial charge in [0.2, 0.25) is 12.2 Å². The van der Waals surface area contributed by atoms with Crippen LogP contribution >= 0.6 is 0 Å². The number of hydrogen-bond acceptors (Lipinski definition) is 14. The molecule has 2 aliphatic heterocycles. The van der Waals surface area contributed by atoms with Gasteiger partial charge in [0.1, 0.15) is 53.8 Å². The van der Waals surface area contributed by atoms with E-state index in [0.29, 0.717) is 18.4 Å². The molecule has 2 heterocycles. The van der Waals surface area contributed by atoms with E-state index in [9.17, 15) is 50.1 Å². The van der Waals surface area contributed by atoms with Crippen LogP contribution in [0.2, 0.25) is 0 Å². The second-order valence-electron chi connectivity index (χ2n) is 11.6. The van der Waals surface area contributed by atoms with Crippen LogP contribution in [0.5, 0.6) is 17.2 Å². The van der Waals surface area contributed by atoms with Crippen LogP contribution in [0.1, 0.15) is 64.6 Å². The van der Waals surface area contributed by atoms with E-state index >= 15 is 0 Å². The second-order valence-corrected chi connectivity index (χ2v) is 11.6. The highest BCUT2D eigenvalue weighted by Gasteiger charge is 2.51. The van der Waals surface area contributed by atoms with Crippen molar-refractivity contribution in [2.24, 2.45) is 0 Å². The number of phenolic OH excluding ortho intramolecular Hbond substituents is 2. The third kappa shape index (κ3) is 6.08. The van der Waals surface area contributed by atoms with Gasteiger partial charge in [-0.1, -0.05) is 13.3 Å². The van der Waals surface area contributed by atoms with Gasteiger partial charge in [-0.25, -0.2) is 0 Å². The maximum Gasteiger partial charge on any atom is 0.229 e. The van der Waals surface area contributed by atoms with E-state index in [0.717, 1.165) is 19.1 Å². The van der Waals surface area contributed by atoms with Crippen molar-refractivity contribution in [3.05, 3.63) is 52.1 Å². The van der Waals surface area contributed by atoms with Crippen LogP contribution in [-0.4, -0.2) is 121 Å². The van der Waals surface area contributed by atoms with Gasteiger partial charge in [-0.2, -0.15) is 0 Å². The predicted octanol–water partition coefficient (Wildman–Crippen LogP) is -1.000. The van der Waals surface area contributed by atoms with Gasteiger partial charge in [-0.3, -0.25) is 14.4 Å². The number of carbonyl (C=O) groups is 3. The number of carbonyl (C=O) groups excluding carboxylic acids is 3. The van der Waals surface area contributed by atoms with E-state index in [1.54, 1.807) is 0 Å². The number of aliphatic hydroxyl groups is 5. The smallest absolute Gasteiger partial charge is 0.229 e. The normalized spacial score (nSPS) is 32.4. The minimum Gasteiger partial charge on any atom is -0.508 e. The SMILES string of the molecule is CCCc1cc(O[C@@H]2O[C@@H](C)[C@H](O)[C@@H](O)[C@H]2O[C@H]2O[C@H](CO)[C@@H](O)[C@H](O)[C@H]2NC(C)=O)cc2c1C(=O)c1c(O)cc(O)cc1C2=O. The number of ether oxygens (including phenoxy) is 4. The van der Waals surface area contributed by atoms with E-state index in [2.05, 4.69) is 5.32 Å². The summed E-state index contributed by atoms with van der Waals surface area (Å²) in [6.45, 7) is 3.75. The number of amides is 1. The van der Waals surface area contributed by atoms with Crippen molar-refractivity contribution in [2.45, 2.75) is 95.0 Å². The summed E-state index contributed by atoms with van der Waals surface area (Å²) in [5.41, 5.74) is -0.0157. The molecule has 1 amide bonds. The van der Waals surface area contributed by atoms with Crippen LogP contribution in [0.25, 0.3) is 0 Å². The Morgan fingerprint density at radius 3 is 2.24 bits per heavy atom. The standard InChI is InChI=1S/C31H37NO14/c1-4-5-13-6-15(9-17-20(13)26(40)21-16(24(17)38)7-14(35)8-18(21)36)44-31-29(28(42)23(37)11(2)43-31)46-30-22(32-12(3)34)27(41)25(39)19(10-33)45-30/h6-9,11,19,22-23,25,27-31,33,35-37,39,41-42H,4-5,10H2,1-3H3,(H,32,34)/t11-,19+,22+,23-,25+,27+,28+,29+,30+,31-/m0/s1. The van der Waals surface area contributed by atoms with Crippen LogP contribution in [0.3, 0.4) is 0 Å². The predicted molar refractivity (Wildman–Crippen MR) is 154 cm³/mol. The quantitative estimate of drug-likeness (QED) is 0.146. The molecule has 1 aliphatic carbocycles. The van der Waals surface area contributed by atoms with Gasteiger partial charge < -0.3 is 60.0 Å². The van der Waals surface area contributed by atoms with Crippen molar-refractivity contribution < 1.29 is 69.1 Å². The van der Waals surface area contributed by atoms with Crippen LogP contribution in [-0.2, 0) is 25.4 Å². The van der Waals surface area contributed by atoms with Gasteiger partial charge in [0, 0.05) is 29.7 Å². The van der Waals surface area contributed by atoms with E-state index in [1.807, 2.05) is 6.92 Å². The lowest BCUT2D eigenvalue weighted by Crippen LogP contribution is -2.67. The molecule has 10 atom stereocenters. The Morgan fingerprint density at radius 2 is 1.59 bits per heavy atom. The second kappa shape index (κ2) is 13.2. The minimum absolute atomic E-state index is 0.0113. The zero-order valence-corrected chi connectivity index (χ0v) is 25.2. The number of ketones is 2. The molecular weight excluding hydrogens is 610 g/mol. The van der Waals surface area contributed by atoms with Crippen LogP contribution in [0.15, 0.2) is 24.3 Å². The molecule has 0 unspecified atom stereocenters. The number of hydrogen-bond donors (Lipinski definition) is 8. The van der Waals surface area contributed by atoms with Gasteiger partial charge in [0.15, 0.2) is 24.0 Å². The van der Waals surface area contributed by atoms with Gasteiger partial charge in [-0.15, -0.1) is 0 Å². The van der Waals surface area contributed by atoms with Crippen LogP contribution in [0.4, 0.5) is 0 Å². The van der Waals surface area contributed by atoms with E-state index in [4.69, 9.17) is 18.9 Å². The fourth-order valence-electron chi connectivity index (χ4n) is 6.07. The molecule has 3 aliphatic rings. The molecule has 0 radical (unpaired) electrons. The van der Waals surface area contributed by atoms with E-state index in [-0.39, 0.29) is 28.0 Å². The molecule has 2 aromatic carbocycles.